The first-order valence-corrected chi connectivity index (χ1v) is 15.3. The quantitative estimate of drug-likeness (QED) is 0.222. The molecule has 3 heterocycles. The summed E-state index contributed by atoms with van der Waals surface area (Å²) >= 11 is 3.52. The highest BCUT2D eigenvalue weighted by Crippen LogP contribution is 2.38. The van der Waals surface area contributed by atoms with Crippen molar-refractivity contribution in [3.63, 3.8) is 0 Å². The molecule has 1 aromatic heterocycles. The normalized spacial score (nSPS) is 14.9. The van der Waals surface area contributed by atoms with E-state index in [0.29, 0.717) is 39.0 Å². The first-order chi connectivity index (χ1) is 19.6. The van der Waals surface area contributed by atoms with Crippen molar-refractivity contribution in [1.29, 1.82) is 0 Å². The molecule has 0 spiro atoms. The highest BCUT2D eigenvalue weighted by Gasteiger charge is 2.37. The van der Waals surface area contributed by atoms with Crippen molar-refractivity contribution in [1.82, 2.24) is 14.9 Å². The van der Waals surface area contributed by atoms with E-state index in [1.165, 1.54) is 16.0 Å². The average Bonchev–Trinajstić information content (AvgIpc) is 3.20. The highest BCUT2D eigenvalue weighted by atomic mass is 79.9. The Kier molecular flexibility index (Phi) is 6.66. The van der Waals surface area contributed by atoms with Gasteiger partial charge in [0.2, 0.25) is 15.0 Å². The van der Waals surface area contributed by atoms with Crippen LogP contribution in [0, 0.1) is 0 Å². The summed E-state index contributed by atoms with van der Waals surface area (Å²) in [5, 5.41) is -0.384. The molecule has 10 nitrogen and oxygen atoms in total. The van der Waals surface area contributed by atoms with Crippen LogP contribution in [0.15, 0.2) is 88.6 Å². The van der Waals surface area contributed by atoms with E-state index < -0.39 is 15.9 Å². The molecule has 4 aromatic rings. The monoisotopic (exact) mass is 631 g/mol. The predicted molar refractivity (Wildman–Crippen MR) is 155 cm³/mol. The van der Waals surface area contributed by atoms with Crippen molar-refractivity contribution in [2.45, 2.75) is 18.1 Å². The first kappa shape index (κ1) is 26.8. The number of urea groups is 1. The number of para-hydroxylation sites is 1. The largest absolute Gasteiger partial charge is 0.335 e. The van der Waals surface area contributed by atoms with Crippen LogP contribution in [-0.2, 0) is 22.8 Å². The molecule has 0 atom stereocenters. The zero-order valence-corrected chi connectivity index (χ0v) is 24.1. The molecule has 0 bridgehead atoms. The SMILES string of the molecule is CS(=O)(=O)c1ncc2c(n1)N(c1cccc(CCN3C(=O)c4ccccc4C3=O)c1)C(=O)N(c1ccccc1Br)C2. The van der Waals surface area contributed by atoms with Gasteiger partial charge >= 0.3 is 6.03 Å². The van der Waals surface area contributed by atoms with Gasteiger partial charge in [-0.2, -0.15) is 4.98 Å². The molecule has 12 heteroatoms. The van der Waals surface area contributed by atoms with Crippen molar-refractivity contribution in [3.8, 4) is 0 Å². The smallest absolute Gasteiger partial charge is 0.288 e. The molecule has 206 valence electrons. The molecular formula is C29H22BrN5O5S. The number of anilines is 3. The maximum atomic E-state index is 14.0. The second kappa shape index (κ2) is 10.2. The number of imide groups is 1. The van der Waals surface area contributed by atoms with Gasteiger partial charge in [0.05, 0.1) is 29.0 Å². The second-order valence-corrected chi connectivity index (χ2v) is 12.4. The van der Waals surface area contributed by atoms with Crippen LogP contribution in [0.3, 0.4) is 0 Å². The number of halogens is 1. The Bertz CT molecular complexity index is 1830. The Morgan fingerprint density at radius 1 is 0.902 bits per heavy atom. The zero-order valence-electron chi connectivity index (χ0n) is 21.7. The van der Waals surface area contributed by atoms with Crippen LogP contribution in [-0.4, -0.2) is 53.9 Å². The van der Waals surface area contributed by atoms with Crippen LogP contribution in [0.4, 0.5) is 22.0 Å². The fourth-order valence-electron chi connectivity index (χ4n) is 4.94. The summed E-state index contributed by atoms with van der Waals surface area (Å²) in [4.78, 5) is 52.1. The number of carbonyl (C=O) groups excluding carboxylic acids is 3. The Morgan fingerprint density at radius 2 is 1.59 bits per heavy atom. The molecule has 0 unspecified atom stereocenters. The van der Waals surface area contributed by atoms with E-state index in [4.69, 9.17) is 0 Å². The molecule has 0 saturated heterocycles. The van der Waals surface area contributed by atoms with E-state index in [2.05, 4.69) is 25.9 Å². The first-order valence-electron chi connectivity index (χ1n) is 12.6. The fraction of sp³-hybridized carbons (Fsp3) is 0.138. The Labute approximate surface area is 244 Å². The van der Waals surface area contributed by atoms with Gasteiger partial charge < -0.3 is 0 Å². The molecule has 0 saturated carbocycles. The molecule has 0 N–H and O–H groups in total. The number of aromatic nitrogens is 2. The van der Waals surface area contributed by atoms with E-state index in [1.807, 2.05) is 24.3 Å². The second-order valence-electron chi connectivity index (χ2n) is 9.66. The van der Waals surface area contributed by atoms with Gasteiger partial charge in [-0.1, -0.05) is 36.4 Å². The van der Waals surface area contributed by atoms with Gasteiger partial charge in [-0.05, 0) is 64.3 Å². The maximum absolute atomic E-state index is 14.0. The van der Waals surface area contributed by atoms with Crippen LogP contribution in [0.25, 0.3) is 0 Å². The lowest BCUT2D eigenvalue weighted by Gasteiger charge is -2.36. The van der Waals surface area contributed by atoms with E-state index in [9.17, 15) is 22.8 Å². The Balaban J connectivity index is 1.36. The average molecular weight is 632 g/mol. The van der Waals surface area contributed by atoms with Crippen molar-refractivity contribution >= 4 is 60.8 Å². The fourth-order valence-corrected chi connectivity index (χ4v) is 5.94. The van der Waals surface area contributed by atoms with Crippen molar-refractivity contribution in [2.24, 2.45) is 0 Å². The Morgan fingerprint density at radius 3 is 2.27 bits per heavy atom. The summed E-state index contributed by atoms with van der Waals surface area (Å²) in [5.74, 6) is -0.502. The van der Waals surface area contributed by atoms with Crippen LogP contribution >= 0.6 is 15.9 Å². The van der Waals surface area contributed by atoms with Gasteiger partial charge in [0.1, 0.15) is 0 Å². The number of carbonyl (C=O) groups is 3. The molecule has 6 rings (SSSR count). The summed E-state index contributed by atoms with van der Waals surface area (Å²) in [6.45, 7) is 0.292. The molecular weight excluding hydrogens is 610 g/mol. The van der Waals surface area contributed by atoms with E-state index in [0.717, 1.165) is 11.8 Å². The van der Waals surface area contributed by atoms with Crippen LogP contribution < -0.4 is 9.80 Å². The number of rotatable bonds is 6. The molecule has 0 aliphatic carbocycles. The van der Waals surface area contributed by atoms with Gasteiger partial charge in [0.25, 0.3) is 11.8 Å². The number of hydrogen-bond donors (Lipinski definition) is 0. The summed E-state index contributed by atoms with van der Waals surface area (Å²) in [6, 6.07) is 20.7. The lowest BCUT2D eigenvalue weighted by molar-refractivity contribution is 0.0656. The highest BCUT2D eigenvalue weighted by molar-refractivity contribution is 9.10. The molecule has 2 aliphatic rings. The van der Waals surface area contributed by atoms with E-state index in [-0.39, 0.29) is 35.9 Å². The zero-order chi connectivity index (χ0) is 28.9. The third kappa shape index (κ3) is 4.78. The van der Waals surface area contributed by atoms with E-state index in [1.54, 1.807) is 53.4 Å². The third-order valence-corrected chi connectivity index (χ3v) is 8.46. The molecule has 4 amide bonds. The summed E-state index contributed by atoms with van der Waals surface area (Å²) in [7, 11) is -3.74. The van der Waals surface area contributed by atoms with Gasteiger partial charge in [0.15, 0.2) is 5.82 Å². The Hall–Kier alpha value is -4.42. The van der Waals surface area contributed by atoms with Crippen molar-refractivity contribution in [2.75, 3.05) is 22.6 Å². The van der Waals surface area contributed by atoms with Crippen molar-refractivity contribution < 1.29 is 22.8 Å². The minimum absolute atomic E-state index is 0.136. The molecule has 41 heavy (non-hydrogen) atoms. The molecule has 2 aliphatic heterocycles. The van der Waals surface area contributed by atoms with Gasteiger partial charge in [-0.3, -0.25) is 19.4 Å². The van der Waals surface area contributed by atoms with Gasteiger partial charge in [-0.15, -0.1) is 0 Å². The number of fused-ring (bicyclic) bond motifs is 2. The number of sulfone groups is 1. The maximum Gasteiger partial charge on any atom is 0.335 e. The standard InChI is InChI=1S/C29H22BrN5O5S/c1-41(39,40)28-31-16-19-17-34(24-12-5-4-11-23(24)30)29(38)35(25(19)32-28)20-8-6-7-18(15-20)13-14-33-26(36)21-9-2-3-10-22(21)27(33)37/h2-12,15-16H,13-14,17H2,1H3. The third-order valence-electron chi connectivity index (χ3n) is 6.93. The minimum Gasteiger partial charge on any atom is -0.288 e. The molecule has 3 aromatic carbocycles. The number of hydrogen-bond acceptors (Lipinski definition) is 7. The van der Waals surface area contributed by atoms with Crippen LogP contribution in [0.2, 0.25) is 0 Å². The number of amides is 4. The van der Waals surface area contributed by atoms with Gasteiger partial charge in [-0.25, -0.2) is 23.1 Å². The predicted octanol–water partition coefficient (Wildman–Crippen LogP) is 4.76. The summed E-state index contributed by atoms with van der Waals surface area (Å²) in [6.07, 6.45) is 2.78. The number of nitrogens with zero attached hydrogens (tertiary/aromatic N) is 5. The molecule has 0 fully saturated rings. The summed E-state index contributed by atoms with van der Waals surface area (Å²) < 4.78 is 25.2. The van der Waals surface area contributed by atoms with Crippen LogP contribution in [0.5, 0.6) is 0 Å². The number of benzene rings is 3. The van der Waals surface area contributed by atoms with E-state index >= 15 is 0 Å². The topological polar surface area (TPSA) is 121 Å². The lowest BCUT2D eigenvalue weighted by atomic mass is 10.1. The molecule has 0 radical (unpaired) electrons. The van der Waals surface area contributed by atoms with Crippen molar-refractivity contribution in [3.05, 3.63) is 106 Å². The minimum atomic E-state index is -3.74. The lowest BCUT2D eigenvalue weighted by Crippen LogP contribution is -2.45. The van der Waals surface area contributed by atoms with Crippen LogP contribution in [0.1, 0.15) is 31.8 Å². The summed E-state index contributed by atoms with van der Waals surface area (Å²) in [5.41, 5.74) is 3.17. The van der Waals surface area contributed by atoms with Gasteiger partial charge in [0, 0.05) is 29.0 Å².